The zero-order valence-electron chi connectivity index (χ0n) is 33.5. The smallest absolute Gasteiger partial charge is 0.123 e. The van der Waals surface area contributed by atoms with Crippen molar-refractivity contribution in [3.8, 4) is 11.5 Å². The van der Waals surface area contributed by atoms with Crippen molar-refractivity contribution < 1.29 is 41.5 Å². The van der Waals surface area contributed by atoms with Crippen LogP contribution in [0.3, 0.4) is 0 Å². The van der Waals surface area contributed by atoms with Gasteiger partial charge in [0.25, 0.3) is 0 Å². The van der Waals surface area contributed by atoms with E-state index in [1.807, 2.05) is 36.4 Å². The van der Waals surface area contributed by atoms with Crippen LogP contribution in [0.25, 0.3) is 5.32 Å². The van der Waals surface area contributed by atoms with Crippen molar-refractivity contribution in [2.45, 2.75) is 183 Å². The summed E-state index contributed by atoms with van der Waals surface area (Å²) in [6.45, 7) is 36.0. The molecule has 0 amide bonds. The number of aliphatic hydroxyl groups excluding tert-OH is 1. The molecular formula is C42H72NO3Zr-. The Bertz CT molecular complexity index is 1090. The minimum atomic E-state index is -0.0940. The van der Waals surface area contributed by atoms with Crippen molar-refractivity contribution >= 4 is 0 Å². The molecule has 4 nitrogen and oxygen atoms in total. The van der Waals surface area contributed by atoms with Crippen LogP contribution in [-0.4, -0.2) is 20.9 Å². The molecule has 0 spiro atoms. The topological polar surface area (TPSA) is 74.8 Å². The van der Waals surface area contributed by atoms with Gasteiger partial charge in [-0.15, -0.1) is 11.2 Å². The average molecular weight is 730 g/mol. The summed E-state index contributed by atoms with van der Waals surface area (Å²) in [5.41, 5.74) is 4.88. The second kappa shape index (κ2) is 19.5. The van der Waals surface area contributed by atoms with E-state index in [2.05, 4.69) is 123 Å². The van der Waals surface area contributed by atoms with Gasteiger partial charge in [-0.25, -0.2) is 0 Å². The molecule has 0 aliphatic heterocycles. The number of aromatic hydroxyl groups is 2. The SMILES string of the molecule is CC(C)(C)c1cccc(C(C)(C)C)c1O.CC(C)(C)c1cccc(C(C)(C)C)c1O.CCCC/C(O)=C(\CCCC)[N-]C(C)(C)C.[Zr]. The Morgan fingerprint density at radius 1 is 0.532 bits per heavy atom. The molecule has 0 saturated carbocycles. The molecule has 0 aliphatic rings. The maximum Gasteiger partial charge on any atom is 0.123 e. The summed E-state index contributed by atoms with van der Waals surface area (Å²) in [5.74, 6) is 1.42. The largest absolute Gasteiger partial charge is 0.680 e. The molecule has 0 saturated heterocycles. The van der Waals surface area contributed by atoms with Crippen molar-refractivity contribution in [2.75, 3.05) is 0 Å². The number of phenolic OH excluding ortho intramolecular Hbond substituents is 2. The summed E-state index contributed by atoms with van der Waals surface area (Å²) in [6.07, 6.45) is 6.08. The number of rotatable bonds is 7. The van der Waals surface area contributed by atoms with Crippen LogP contribution in [0.15, 0.2) is 47.9 Å². The molecule has 2 rings (SSSR count). The molecule has 268 valence electrons. The molecule has 5 heteroatoms. The molecule has 0 unspecified atom stereocenters. The Hall–Kier alpha value is -1.74. The number of hydrogen-bond donors (Lipinski definition) is 3. The van der Waals surface area contributed by atoms with Crippen LogP contribution in [0.5, 0.6) is 11.5 Å². The van der Waals surface area contributed by atoms with Gasteiger partial charge in [-0.2, -0.15) is 0 Å². The molecule has 0 bridgehead atoms. The second-order valence-electron chi connectivity index (χ2n) is 17.8. The van der Waals surface area contributed by atoms with Crippen molar-refractivity contribution in [2.24, 2.45) is 0 Å². The number of benzene rings is 2. The third kappa shape index (κ3) is 17.5. The summed E-state index contributed by atoms with van der Waals surface area (Å²) in [7, 11) is 0. The summed E-state index contributed by atoms with van der Waals surface area (Å²) < 4.78 is 0. The van der Waals surface area contributed by atoms with E-state index < -0.39 is 0 Å². The van der Waals surface area contributed by atoms with Crippen LogP contribution in [0, 0.1) is 0 Å². The fraction of sp³-hybridized carbons (Fsp3) is 0.667. The Morgan fingerprint density at radius 2 is 0.809 bits per heavy atom. The Kier molecular flexibility index (Phi) is 19.6. The molecule has 0 aromatic heterocycles. The van der Waals surface area contributed by atoms with E-state index in [0.717, 1.165) is 66.5 Å². The number of para-hydroxylation sites is 2. The zero-order valence-corrected chi connectivity index (χ0v) is 36.0. The maximum absolute atomic E-state index is 10.3. The number of nitrogens with zero attached hydrogens (tertiary/aromatic N) is 1. The number of allylic oxidation sites excluding steroid dienone is 2. The van der Waals surface area contributed by atoms with Crippen LogP contribution in [0.2, 0.25) is 0 Å². The molecule has 2 aromatic rings. The van der Waals surface area contributed by atoms with Gasteiger partial charge in [0.2, 0.25) is 0 Å². The van der Waals surface area contributed by atoms with Gasteiger partial charge < -0.3 is 20.6 Å². The fourth-order valence-electron chi connectivity index (χ4n) is 5.01. The van der Waals surface area contributed by atoms with Crippen LogP contribution in [0.1, 0.15) is 178 Å². The summed E-state index contributed by atoms with van der Waals surface area (Å²) in [6, 6.07) is 12.1. The quantitative estimate of drug-likeness (QED) is 0.248. The first-order valence-corrected chi connectivity index (χ1v) is 17.5. The maximum atomic E-state index is 10.3. The summed E-state index contributed by atoms with van der Waals surface area (Å²) in [4.78, 5) is 0. The normalized spacial score (nSPS) is 12.9. The Balaban J connectivity index is 0. The first-order chi connectivity index (χ1) is 20.7. The summed E-state index contributed by atoms with van der Waals surface area (Å²) in [5, 5.41) is 35.2. The second-order valence-corrected chi connectivity index (χ2v) is 17.8. The number of unbranched alkanes of at least 4 members (excludes halogenated alkanes) is 2. The van der Waals surface area contributed by atoms with Crippen LogP contribution >= 0.6 is 0 Å². The molecule has 0 atom stereocenters. The van der Waals surface area contributed by atoms with Gasteiger partial charge in [0.15, 0.2) is 0 Å². The monoisotopic (exact) mass is 728 g/mol. The molecule has 2 aromatic carbocycles. The van der Waals surface area contributed by atoms with Gasteiger partial charge in [-0.1, -0.05) is 173 Å². The van der Waals surface area contributed by atoms with Gasteiger partial charge in [-0.05, 0) is 56.8 Å². The molecule has 0 heterocycles. The van der Waals surface area contributed by atoms with E-state index >= 15 is 0 Å². The third-order valence-corrected chi connectivity index (χ3v) is 7.64. The van der Waals surface area contributed by atoms with Crippen LogP contribution in [-0.2, 0) is 47.9 Å². The van der Waals surface area contributed by atoms with Crippen LogP contribution < -0.4 is 0 Å². The minimum Gasteiger partial charge on any atom is -0.680 e. The Labute approximate surface area is 310 Å². The average Bonchev–Trinajstić information content (AvgIpc) is 2.87. The van der Waals surface area contributed by atoms with Gasteiger partial charge in [0.1, 0.15) is 11.5 Å². The molecule has 0 radical (unpaired) electrons. The van der Waals surface area contributed by atoms with Crippen molar-refractivity contribution in [3.05, 3.63) is 75.4 Å². The van der Waals surface area contributed by atoms with E-state index in [0.29, 0.717) is 17.3 Å². The first-order valence-electron chi connectivity index (χ1n) is 17.5. The van der Waals surface area contributed by atoms with Crippen molar-refractivity contribution in [1.29, 1.82) is 0 Å². The zero-order chi connectivity index (χ0) is 36.3. The van der Waals surface area contributed by atoms with E-state index in [4.69, 9.17) is 0 Å². The number of hydrogen-bond acceptors (Lipinski definition) is 3. The molecular weight excluding hydrogens is 658 g/mol. The number of phenols is 2. The van der Waals surface area contributed by atoms with Crippen molar-refractivity contribution in [1.82, 2.24) is 0 Å². The minimum absolute atomic E-state index is 0. The molecule has 0 aliphatic carbocycles. The van der Waals surface area contributed by atoms with E-state index in [9.17, 15) is 15.3 Å². The predicted molar refractivity (Wildman–Crippen MR) is 203 cm³/mol. The summed E-state index contributed by atoms with van der Waals surface area (Å²) >= 11 is 0. The van der Waals surface area contributed by atoms with Crippen LogP contribution in [0.4, 0.5) is 0 Å². The van der Waals surface area contributed by atoms with Gasteiger partial charge in [-0.3, -0.25) is 0 Å². The standard InChI is InChI=1S/C14H28NO.2C14H22O.Zr/c1-6-8-10-12(15-14(3,4)5)13(16)11-9-7-2;2*1-13(2,3)10-8-7-9-11(12(10)15)14(4,5)6;/h16H,6-11H2,1-5H3;2*7-9,15H,1-6H3;/q-1;;;/b13-12-;;;. The molecule has 3 N–H and O–H groups in total. The molecule has 0 fully saturated rings. The van der Waals surface area contributed by atoms with Gasteiger partial charge in [0.05, 0.1) is 5.76 Å². The van der Waals surface area contributed by atoms with Crippen molar-refractivity contribution in [3.63, 3.8) is 0 Å². The third-order valence-electron chi connectivity index (χ3n) is 7.64. The predicted octanol–water partition coefficient (Wildman–Crippen LogP) is 13.3. The fourth-order valence-corrected chi connectivity index (χ4v) is 5.01. The van der Waals surface area contributed by atoms with E-state index in [-0.39, 0.29) is 53.4 Å². The van der Waals surface area contributed by atoms with Gasteiger partial charge in [0, 0.05) is 32.6 Å². The Morgan fingerprint density at radius 3 is 1.04 bits per heavy atom. The van der Waals surface area contributed by atoms with E-state index in [1.54, 1.807) is 0 Å². The van der Waals surface area contributed by atoms with E-state index in [1.165, 1.54) is 0 Å². The number of aliphatic hydroxyl groups is 1. The first kappa shape index (κ1) is 47.4. The van der Waals surface area contributed by atoms with Gasteiger partial charge >= 0.3 is 0 Å². The molecule has 47 heavy (non-hydrogen) atoms.